The largest absolute Gasteiger partial charge is 0.373 e. The first-order valence-corrected chi connectivity index (χ1v) is 8.06. The highest BCUT2D eigenvalue weighted by atomic mass is 35.5. The van der Waals surface area contributed by atoms with Crippen LogP contribution in [0.2, 0.25) is 0 Å². The summed E-state index contributed by atoms with van der Waals surface area (Å²) in [6.07, 6.45) is 6.99. The molecule has 5 atom stereocenters. The first-order valence-electron chi connectivity index (χ1n) is 6.99. The Balaban J connectivity index is 1.44. The Morgan fingerprint density at radius 3 is 2.68 bits per heavy atom. The Bertz CT molecular complexity index is 333. The quantitative estimate of drug-likeness (QED) is 0.558. The molecule has 2 bridgehead atoms. The molecule has 19 heavy (non-hydrogen) atoms. The highest BCUT2D eigenvalue weighted by Crippen LogP contribution is 2.46. The molecule has 3 rings (SSSR count). The second-order valence-corrected chi connectivity index (χ2v) is 6.29. The lowest BCUT2D eigenvalue weighted by atomic mass is 9.93. The molecule has 1 heterocycles. The zero-order valence-corrected chi connectivity index (χ0v) is 12.4. The van der Waals surface area contributed by atoms with Gasteiger partial charge in [0.25, 0.3) is 0 Å². The van der Waals surface area contributed by atoms with Crippen LogP contribution in [0.5, 0.6) is 0 Å². The smallest absolute Gasteiger partial charge is 0.161 e. The predicted octanol–water partition coefficient (Wildman–Crippen LogP) is 2.80. The van der Waals surface area contributed by atoms with Crippen LogP contribution in [0.3, 0.4) is 0 Å². The second-order valence-electron chi connectivity index (χ2n) is 5.67. The molecule has 0 aromatic heterocycles. The minimum Gasteiger partial charge on any atom is -0.373 e. The van der Waals surface area contributed by atoms with Gasteiger partial charge >= 0.3 is 0 Å². The third-order valence-corrected chi connectivity index (χ3v) is 5.00. The summed E-state index contributed by atoms with van der Waals surface area (Å²) in [7, 11) is 0. The maximum atomic E-state index is 5.97. The van der Waals surface area contributed by atoms with Gasteiger partial charge in [-0.15, -0.1) is 23.2 Å². The van der Waals surface area contributed by atoms with Crippen LogP contribution in [-0.4, -0.2) is 43.5 Å². The molecular formula is C14H20Cl2O3. The summed E-state index contributed by atoms with van der Waals surface area (Å²) in [5.74, 6) is 2.74. The molecule has 0 radical (unpaired) electrons. The molecular weight excluding hydrogens is 287 g/mol. The van der Waals surface area contributed by atoms with Gasteiger partial charge in [0.2, 0.25) is 0 Å². The van der Waals surface area contributed by atoms with Gasteiger partial charge in [0, 0.05) is 17.7 Å². The van der Waals surface area contributed by atoms with Crippen LogP contribution >= 0.6 is 23.2 Å². The molecule has 0 aromatic rings. The van der Waals surface area contributed by atoms with E-state index in [0.29, 0.717) is 36.8 Å². The lowest BCUT2D eigenvalue weighted by molar-refractivity contribution is -0.113. The lowest BCUT2D eigenvalue weighted by Crippen LogP contribution is -2.28. The zero-order valence-electron chi connectivity index (χ0n) is 10.8. The van der Waals surface area contributed by atoms with Crippen molar-refractivity contribution in [2.45, 2.75) is 31.3 Å². The molecule has 1 saturated carbocycles. The fourth-order valence-corrected chi connectivity index (χ4v) is 3.80. The number of hydrogen-bond donors (Lipinski definition) is 0. The van der Waals surface area contributed by atoms with Crippen LogP contribution in [-0.2, 0) is 14.2 Å². The molecule has 1 saturated heterocycles. The van der Waals surface area contributed by atoms with Gasteiger partial charge < -0.3 is 14.2 Å². The van der Waals surface area contributed by atoms with E-state index in [4.69, 9.17) is 37.4 Å². The molecule has 0 amide bonds. The van der Waals surface area contributed by atoms with Gasteiger partial charge in [-0.05, 0) is 24.7 Å². The minimum atomic E-state index is -0.101. The Kier molecular flexibility index (Phi) is 4.70. The molecule has 0 N–H and O–H groups in total. The number of halogens is 2. The number of ether oxygens (including phenoxy) is 3. The van der Waals surface area contributed by atoms with E-state index in [0.717, 1.165) is 5.92 Å². The molecule has 0 unspecified atom stereocenters. The van der Waals surface area contributed by atoms with E-state index < -0.39 is 0 Å². The van der Waals surface area contributed by atoms with Gasteiger partial charge in [0.15, 0.2) is 6.29 Å². The lowest BCUT2D eigenvalue weighted by Gasteiger charge is -2.24. The fourth-order valence-electron chi connectivity index (χ4n) is 3.29. The van der Waals surface area contributed by atoms with Gasteiger partial charge in [-0.1, -0.05) is 12.2 Å². The van der Waals surface area contributed by atoms with Crippen LogP contribution in [0, 0.1) is 17.8 Å². The molecule has 2 aliphatic carbocycles. The summed E-state index contributed by atoms with van der Waals surface area (Å²) >= 11 is 11.5. The van der Waals surface area contributed by atoms with E-state index in [9.17, 15) is 0 Å². The minimum absolute atomic E-state index is 0.0158. The average molecular weight is 307 g/mol. The second kappa shape index (κ2) is 6.31. The highest BCUT2D eigenvalue weighted by molar-refractivity contribution is 6.21. The molecule has 3 nitrogen and oxygen atoms in total. The summed E-state index contributed by atoms with van der Waals surface area (Å²) < 4.78 is 17.4. The SMILES string of the molecule is ClCC(CCl)OC[C@H]1CO[C@@H]([C@H]2C[C@H]3C=C[C@@H]2C3)O1. The number of allylic oxidation sites excluding steroid dienone is 2. The first-order chi connectivity index (χ1) is 9.30. The average Bonchev–Trinajstić information content (AvgIpc) is 3.15. The summed E-state index contributed by atoms with van der Waals surface area (Å²) in [6, 6.07) is 0. The monoisotopic (exact) mass is 306 g/mol. The Morgan fingerprint density at radius 1 is 1.21 bits per heavy atom. The molecule has 3 aliphatic rings. The standard InChI is InChI=1S/C14H20Cl2O3/c15-5-11(6-16)17-7-12-8-18-14(19-12)13-4-9-1-2-10(13)3-9/h1-2,9-14H,3-8H2/t9-,10+,12-,13-,14+/m0/s1. The van der Waals surface area contributed by atoms with E-state index in [1.165, 1.54) is 12.8 Å². The number of alkyl halides is 2. The molecule has 1 aliphatic heterocycles. The van der Waals surface area contributed by atoms with Crippen LogP contribution in [0.4, 0.5) is 0 Å². The zero-order chi connectivity index (χ0) is 13.2. The predicted molar refractivity (Wildman–Crippen MR) is 74.6 cm³/mol. The molecule has 0 spiro atoms. The van der Waals surface area contributed by atoms with Crippen molar-refractivity contribution in [3.05, 3.63) is 12.2 Å². The fraction of sp³-hybridized carbons (Fsp3) is 0.857. The Morgan fingerprint density at radius 2 is 2.05 bits per heavy atom. The molecule has 2 fully saturated rings. The highest BCUT2D eigenvalue weighted by Gasteiger charge is 2.44. The Hall–Kier alpha value is 0.200. The van der Waals surface area contributed by atoms with Crippen LogP contribution in [0.15, 0.2) is 12.2 Å². The number of fused-ring (bicyclic) bond motifs is 2. The van der Waals surface area contributed by atoms with Gasteiger partial charge in [-0.25, -0.2) is 0 Å². The third kappa shape index (κ3) is 3.11. The van der Waals surface area contributed by atoms with Crippen LogP contribution in [0.25, 0.3) is 0 Å². The van der Waals surface area contributed by atoms with E-state index in [-0.39, 0.29) is 18.5 Å². The van der Waals surface area contributed by atoms with Gasteiger partial charge in [0.05, 0.1) is 19.3 Å². The van der Waals surface area contributed by atoms with Crippen molar-refractivity contribution < 1.29 is 14.2 Å². The summed E-state index contributed by atoms with van der Waals surface area (Å²) in [5, 5.41) is 0. The molecule has 108 valence electrons. The Labute approximate surface area is 124 Å². The van der Waals surface area contributed by atoms with Crippen molar-refractivity contribution >= 4 is 23.2 Å². The van der Waals surface area contributed by atoms with E-state index >= 15 is 0 Å². The topological polar surface area (TPSA) is 27.7 Å². The normalized spacial score (nSPS) is 40.7. The van der Waals surface area contributed by atoms with Gasteiger partial charge in [-0.2, -0.15) is 0 Å². The maximum Gasteiger partial charge on any atom is 0.161 e. The first kappa shape index (κ1) is 14.2. The van der Waals surface area contributed by atoms with Crippen molar-refractivity contribution in [2.24, 2.45) is 17.8 Å². The van der Waals surface area contributed by atoms with Crippen molar-refractivity contribution in [2.75, 3.05) is 25.0 Å². The van der Waals surface area contributed by atoms with E-state index in [1.807, 2.05) is 0 Å². The number of rotatable bonds is 6. The van der Waals surface area contributed by atoms with Crippen molar-refractivity contribution in [1.82, 2.24) is 0 Å². The van der Waals surface area contributed by atoms with E-state index in [2.05, 4.69) is 12.2 Å². The summed E-state index contributed by atoms with van der Waals surface area (Å²) in [5.41, 5.74) is 0. The summed E-state index contributed by atoms with van der Waals surface area (Å²) in [4.78, 5) is 0. The van der Waals surface area contributed by atoms with Crippen molar-refractivity contribution in [3.63, 3.8) is 0 Å². The molecule has 0 aromatic carbocycles. The van der Waals surface area contributed by atoms with Crippen molar-refractivity contribution in [3.8, 4) is 0 Å². The van der Waals surface area contributed by atoms with Crippen molar-refractivity contribution in [1.29, 1.82) is 0 Å². The third-order valence-electron chi connectivity index (χ3n) is 4.31. The molecule has 5 heteroatoms. The maximum absolute atomic E-state index is 5.97. The van der Waals surface area contributed by atoms with E-state index in [1.54, 1.807) is 0 Å². The van der Waals surface area contributed by atoms with Crippen LogP contribution in [0.1, 0.15) is 12.8 Å². The summed E-state index contributed by atoms with van der Waals surface area (Å²) in [6.45, 7) is 1.12. The van der Waals surface area contributed by atoms with Gasteiger partial charge in [-0.3, -0.25) is 0 Å². The van der Waals surface area contributed by atoms with Crippen LogP contribution < -0.4 is 0 Å². The number of hydrogen-bond acceptors (Lipinski definition) is 3. The van der Waals surface area contributed by atoms with Gasteiger partial charge in [0.1, 0.15) is 6.10 Å².